The van der Waals surface area contributed by atoms with Crippen molar-refractivity contribution in [3.8, 4) is 0 Å². The summed E-state index contributed by atoms with van der Waals surface area (Å²) in [7, 11) is 0. The molecule has 1 atom stereocenters. The Kier molecular flexibility index (Phi) is 4.91. The molecule has 1 fully saturated rings. The molecule has 0 aliphatic carbocycles. The third-order valence-electron chi connectivity index (χ3n) is 4.32. The minimum absolute atomic E-state index is 0.00673. The molecule has 0 unspecified atom stereocenters. The van der Waals surface area contributed by atoms with E-state index in [-0.39, 0.29) is 5.91 Å². The Labute approximate surface area is 131 Å². The van der Waals surface area contributed by atoms with Crippen LogP contribution in [0.15, 0.2) is 48.7 Å². The summed E-state index contributed by atoms with van der Waals surface area (Å²) < 4.78 is 0. The van der Waals surface area contributed by atoms with E-state index in [1.165, 1.54) is 12.0 Å². The highest BCUT2D eigenvalue weighted by Crippen LogP contribution is 2.16. The standard InChI is InChI=1S/C18H23N3O/c22-18(17-7-4-10-19-17)20-13-16-9-12-21(14-16)11-8-15-5-2-1-3-6-15/h1-7,10,16,19H,8-9,11-14H2,(H,20,22)/t16-/m1/s1. The topological polar surface area (TPSA) is 48.1 Å². The molecule has 3 rings (SSSR count). The molecule has 2 N–H and O–H groups in total. The zero-order valence-corrected chi connectivity index (χ0v) is 12.8. The summed E-state index contributed by atoms with van der Waals surface area (Å²) in [5.41, 5.74) is 2.03. The van der Waals surface area contributed by atoms with Gasteiger partial charge in [-0.05, 0) is 43.0 Å². The maximum atomic E-state index is 11.9. The highest BCUT2D eigenvalue weighted by Gasteiger charge is 2.22. The monoisotopic (exact) mass is 297 g/mol. The van der Waals surface area contributed by atoms with Crippen LogP contribution in [0.3, 0.4) is 0 Å². The van der Waals surface area contributed by atoms with Gasteiger partial charge in [-0.1, -0.05) is 30.3 Å². The number of H-pyrrole nitrogens is 1. The zero-order valence-electron chi connectivity index (χ0n) is 12.8. The van der Waals surface area contributed by atoms with Crippen LogP contribution in [0.1, 0.15) is 22.5 Å². The van der Waals surface area contributed by atoms with Gasteiger partial charge in [0.15, 0.2) is 0 Å². The average molecular weight is 297 g/mol. The molecule has 0 spiro atoms. The normalized spacial score (nSPS) is 18.5. The van der Waals surface area contributed by atoms with E-state index in [1.54, 1.807) is 12.3 Å². The number of likely N-dealkylation sites (tertiary alicyclic amines) is 1. The van der Waals surface area contributed by atoms with Gasteiger partial charge in [0.25, 0.3) is 5.91 Å². The number of carbonyl (C=O) groups is 1. The van der Waals surface area contributed by atoms with Crippen LogP contribution < -0.4 is 5.32 Å². The fraction of sp³-hybridized carbons (Fsp3) is 0.389. The van der Waals surface area contributed by atoms with Crippen molar-refractivity contribution in [3.63, 3.8) is 0 Å². The first-order chi connectivity index (χ1) is 10.8. The Morgan fingerprint density at radius 3 is 2.86 bits per heavy atom. The van der Waals surface area contributed by atoms with E-state index < -0.39 is 0 Å². The number of aromatic nitrogens is 1. The molecule has 1 aliphatic rings. The van der Waals surface area contributed by atoms with Gasteiger partial charge in [-0.2, -0.15) is 0 Å². The van der Waals surface area contributed by atoms with Gasteiger partial charge in [-0.15, -0.1) is 0 Å². The first-order valence-electron chi connectivity index (χ1n) is 7.99. The molecule has 4 nitrogen and oxygen atoms in total. The maximum absolute atomic E-state index is 11.9. The Hall–Kier alpha value is -2.07. The molecule has 1 aromatic heterocycles. The number of carbonyl (C=O) groups excluding carboxylic acids is 1. The third-order valence-corrected chi connectivity index (χ3v) is 4.32. The lowest BCUT2D eigenvalue weighted by atomic mass is 10.1. The number of nitrogens with one attached hydrogen (secondary N) is 2. The first kappa shape index (κ1) is 14.9. The summed E-state index contributed by atoms with van der Waals surface area (Å²) in [6.07, 6.45) is 4.04. The highest BCUT2D eigenvalue weighted by atomic mass is 16.1. The molecule has 1 amide bonds. The van der Waals surface area contributed by atoms with Crippen molar-refractivity contribution in [1.29, 1.82) is 0 Å². The second-order valence-electron chi connectivity index (χ2n) is 5.98. The Bertz CT molecular complexity index is 580. The number of hydrogen-bond donors (Lipinski definition) is 2. The number of rotatable bonds is 6. The van der Waals surface area contributed by atoms with Crippen molar-refractivity contribution < 1.29 is 4.79 Å². The van der Waals surface area contributed by atoms with Crippen molar-refractivity contribution in [1.82, 2.24) is 15.2 Å². The molecule has 1 saturated heterocycles. The van der Waals surface area contributed by atoms with Crippen LogP contribution in [0.2, 0.25) is 0 Å². The van der Waals surface area contributed by atoms with Crippen molar-refractivity contribution in [2.24, 2.45) is 5.92 Å². The number of benzene rings is 1. The van der Waals surface area contributed by atoms with Gasteiger partial charge in [0.05, 0.1) is 0 Å². The van der Waals surface area contributed by atoms with Gasteiger partial charge in [-0.3, -0.25) is 4.79 Å². The van der Waals surface area contributed by atoms with E-state index in [0.717, 1.165) is 32.6 Å². The number of nitrogens with zero attached hydrogens (tertiary/aromatic N) is 1. The quantitative estimate of drug-likeness (QED) is 0.859. The number of hydrogen-bond acceptors (Lipinski definition) is 2. The lowest BCUT2D eigenvalue weighted by Gasteiger charge is -2.16. The van der Waals surface area contributed by atoms with E-state index in [2.05, 4.69) is 45.5 Å². The van der Waals surface area contributed by atoms with Crippen LogP contribution in [0.5, 0.6) is 0 Å². The van der Waals surface area contributed by atoms with E-state index in [9.17, 15) is 4.79 Å². The van der Waals surface area contributed by atoms with E-state index in [4.69, 9.17) is 0 Å². The Morgan fingerprint density at radius 2 is 2.09 bits per heavy atom. The molecular formula is C18H23N3O. The minimum atomic E-state index is -0.00673. The highest BCUT2D eigenvalue weighted by molar-refractivity contribution is 5.92. The van der Waals surface area contributed by atoms with Gasteiger partial charge in [-0.25, -0.2) is 0 Å². The van der Waals surface area contributed by atoms with Gasteiger partial charge in [0.2, 0.25) is 0 Å². The van der Waals surface area contributed by atoms with Gasteiger partial charge in [0.1, 0.15) is 5.69 Å². The molecule has 2 aromatic rings. The summed E-state index contributed by atoms with van der Waals surface area (Å²) in [5, 5.41) is 3.02. The number of amides is 1. The minimum Gasteiger partial charge on any atom is -0.357 e. The Balaban J connectivity index is 1.38. The third kappa shape index (κ3) is 3.98. The van der Waals surface area contributed by atoms with Crippen LogP contribution in [-0.4, -0.2) is 42.0 Å². The summed E-state index contributed by atoms with van der Waals surface area (Å²) in [6.45, 7) is 4.08. The molecule has 0 radical (unpaired) electrons. The fourth-order valence-electron chi connectivity index (χ4n) is 3.02. The molecule has 1 aliphatic heterocycles. The lowest BCUT2D eigenvalue weighted by Crippen LogP contribution is -2.31. The second kappa shape index (κ2) is 7.27. The smallest absolute Gasteiger partial charge is 0.267 e. The summed E-state index contributed by atoms with van der Waals surface area (Å²) in [5.74, 6) is 0.558. The van der Waals surface area contributed by atoms with Crippen molar-refractivity contribution >= 4 is 5.91 Å². The van der Waals surface area contributed by atoms with Gasteiger partial charge >= 0.3 is 0 Å². The van der Waals surface area contributed by atoms with Gasteiger partial charge in [0, 0.05) is 25.8 Å². The molecule has 1 aromatic carbocycles. The van der Waals surface area contributed by atoms with Crippen LogP contribution in [0, 0.1) is 5.92 Å². The largest absolute Gasteiger partial charge is 0.357 e. The van der Waals surface area contributed by atoms with E-state index in [1.807, 2.05) is 6.07 Å². The summed E-state index contributed by atoms with van der Waals surface area (Å²) in [4.78, 5) is 17.3. The second-order valence-corrected chi connectivity index (χ2v) is 5.98. The molecule has 4 heteroatoms. The van der Waals surface area contributed by atoms with Crippen LogP contribution in [0.25, 0.3) is 0 Å². The fourth-order valence-corrected chi connectivity index (χ4v) is 3.02. The molecule has 0 bridgehead atoms. The SMILES string of the molecule is O=C(NC[C@H]1CCN(CCc2ccccc2)C1)c1ccc[nH]1. The zero-order chi connectivity index (χ0) is 15.2. The Morgan fingerprint density at radius 1 is 1.23 bits per heavy atom. The predicted octanol–water partition coefficient (Wildman–Crippen LogP) is 2.31. The average Bonchev–Trinajstić information content (AvgIpc) is 3.23. The van der Waals surface area contributed by atoms with Gasteiger partial charge < -0.3 is 15.2 Å². The molecule has 0 saturated carbocycles. The first-order valence-corrected chi connectivity index (χ1v) is 7.99. The van der Waals surface area contributed by atoms with Crippen LogP contribution in [0.4, 0.5) is 0 Å². The predicted molar refractivity (Wildman–Crippen MR) is 87.8 cm³/mol. The molecule has 2 heterocycles. The van der Waals surface area contributed by atoms with Crippen molar-refractivity contribution in [3.05, 3.63) is 59.9 Å². The lowest BCUT2D eigenvalue weighted by molar-refractivity contribution is 0.0943. The van der Waals surface area contributed by atoms with E-state index in [0.29, 0.717) is 11.6 Å². The van der Waals surface area contributed by atoms with Crippen LogP contribution >= 0.6 is 0 Å². The summed E-state index contributed by atoms with van der Waals surface area (Å²) >= 11 is 0. The van der Waals surface area contributed by atoms with Crippen molar-refractivity contribution in [2.75, 3.05) is 26.2 Å². The molecule has 22 heavy (non-hydrogen) atoms. The number of aromatic amines is 1. The van der Waals surface area contributed by atoms with E-state index >= 15 is 0 Å². The maximum Gasteiger partial charge on any atom is 0.267 e. The summed E-state index contributed by atoms with van der Waals surface area (Å²) in [6, 6.07) is 14.3. The van der Waals surface area contributed by atoms with Crippen LogP contribution in [-0.2, 0) is 6.42 Å². The molecular weight excluding hydrogens is 274 g/mol. The van der Waals surface area contributed by atoms with Crippen molar-refractivity contribution in [2.45, 2.75) is 12.8 Å². The molecule has 116 valence electrons.